The second kappa shape index (κ2) is 5.41. The Morgan fingerprint density at radius 1 is 1.09 bits per heavy atom. The Kier molecular flexibility index (Phi) is 3.80. The second-order valence-corrected chi connectivity index (χ2v) is 1.93. The Morgan fingerprint density at radius 2 is 1.91 bits per heavy atom. The lowest BCUT2D eigenvalue weighted by atomic mass is 10.5. The average Bonchev–Trinajstić information content (AvgIpc) is 2.64. The maximum absolute atomic E-state index is 4.51. The topological polar surface area (TPSA) is 34.5 Å². The van der Waals surface area contributed by atoms with E-state index in [-0.39, 0.29) is 0 Å². The smallest absolute Gasteiger partial charge is 0.122 e. The Hall–Kier alpha value is -1.38. The third-order valence-corrected chi connectivity index (χ3v) is 1.05. The minimum absolute atomic E-state index is 0.778. The highest BCUT2D eigenvalue weighted by Gasteiger charge is 1.86. The van der Waals surface area contributed by atoms with E-state index in [0.717, 1.165) is 13.0 Å². The van der Waals surface area contributed by atoms with Crippen LogP contribution < -0.4 is 0 Å². The van der Waals surface area contributed by atoms with Gasteiger partial charge in [-0.15, -0.1) is 0 Å². The molecule has 11 heavy (non-hydrogen) atoms. The molecule has 3 heteroatoms. The summed E-state index contributed by atoms with van der Waals surface area (Å²) < 4.78 is 0. The predicted octanol–water partition coefficient (Wildman–Crippen LogP) is 1.47. The fourth-order valence-corrected chi connectivity index (χ4v) is 0.576. The van der Waals surface area contributed by atoms with E-state index in [1.807, 2.05) is 18.2 Å². The molecule has 1 aromatic rings. The first-order valence-corrected chi connectivity index (χ1v) is 3.49. The zero-order chi connectivity index (χ0) is 7.78. The first kappa shape index (κ1) is 7.72. The van der Waals surface area contributed by atoms with Gasteiger partial charge >= 0.3 is 0 Å². The van der Waals surface area contributed by atoms with E-state index < -0.39 is 0 Å². The van der Waals surface area contributed by atoms with Crippen LogP contribution >= 0.6 is 0 Å². The van der Waals surface area contributed by atoms with Gasteiger partial charge in [-0.25, -0.2) is 0 Å². The van der Waals surface area contributed by atoms with Crippen LogP contribution in [0.1, 0.15) is 6.42 Å². The van der Waals surface area contributed by atoms with Gasteiger partial charge in [0.1, 0.15) is 6.61 Å². The summed E-state index contributed by atoms with van der Waals surface area (Å²) in [5.41, 5.74) is 0. The largest absolute Gasteiger partial charge is 0.396 e. The van der Waals surface area contributed by atoms with Crippen LogP contribution in [0.5, 0.6) is 0 Å². The minimum atomic E-state index is 0.778. The van der Waals surface area contributed by atoms with Crippen molar-refractivity contribution in [2.75, 3.05) is 6.61 Å². The third-order valence-electron chi connectivity index (χ3n) is 1.05. The van der Waals surface area contributed by atoms with Crippen molar-refractivity contribution in [1.82, 2.24) is 4.98 Å². The molecule has 0 atom stereocenters. The molecule has 0 radical (unpaired) electrons. The molecular formula is C8H10N2O. The van der Waals surface area contributed by atoms with Gasteiger partial charge in [0.2, 0.25) is 0 Å². The molecule has 2 rings (SSSR count). The second-order valence-electron chi connectivity index (χ2n) is 1.93. The van der Waals surface area contributed by atoms with Crippen LogP contribution in [-0.2, 0) is 4.84 Å². The molecule has 0 bridgehead atoms. The molecule has 1 aromatic heterocycles. The zero-order valence-corrected chi connectivity index (χ0v) is 6.18. The highest BCUT2D eigenvalue weighted by atomic mass is 16.6. The summed E-state index contributed by atoms with van der Waals surface area (Å²) >= 11 is 0. The van der Waals surface area contributed by atoms with Crippen molar-refractivity contribution in [3.63, 3.8) is 0 Å². The molecular weight excluding hydrogens is 140 g/mol. The summed E-state index contributed by atoms with van der Waals surface area (Å²) in [6, 6.07) is 5.72. The van der Waals surface area contributed by atoms with E-state index in [1.54, 1.807) is 18.6 Å². The first-order chi connectivity index (χ1) is 5.50. The van der Waals surface area contributed by atoms with Crippen LogP contribution in [0.3, 0.4) is 0 Å². The van der Waals surface area contributed by atoms with Gasteiger partial charge in [0, 0.05) is 25.0 Å². The summed E-state index contributed by atoms with van der Waals surface area (Å²) in [6.45, 7) is 0.778. The van der Waals surface area contributed by atoms with Gasteiger partial charge in [-0.1, -0.05) is 11.2 Å². The minimum Gasteiger partial charge on any atom is -0.396 e. The number of rotatable bonds is 0. The number of nitrogens with zero attached hydrogens (tertiary/aromatic N) is 2. The molecule has 0 unspecified atom stereocenters. The molecule has 1 aliphatic rings. The lowest BCUT2D eigenvalue weighted by Crippen LogP contribution is -1.72. The lowest BCUT2D eigenvalue weighted by Gasteiger charge is -1.76. The van der Waals surface area contributed by atoms with E-state index in [2.05, 4.69) is 15.0 Å². The lowest BCUT2D eigenvalue weighted by molar-refractivity contribution is 0.174. The fraction of sp³-hybridized carbons (Fsp3) is 0.250. The van der Waals surface area contributed by atoms with Crippen LogP contribution in [0.25, 0.3) is 0 Å². The molecule has 0 aromatic carbocycles. The third kappa shape index (κ3) is 4.08. The Balaban J connectivity index is 0.000000112. The maximum atomic E-state index is 4.51. The zero-order valence-electron chi connectivity index (χ0n) is 6.18. The molecule has 0 aliphatic carbocycles. The Morgan fingerprint density at radius 3 is 2.09 bits per heavy atom. The number of oxime groups is 1. The number of pyridine rings is 1. The first-order valence-electron chi connectivity index (χ1n) is 3.49. The normalized spacial score (nSPS) is 13.1. The number of hydrogen-bond acceptors (Lipinski definition) is 3. The molecule has 3 nitrogen and oxygen atoms in total. The van der Waals surface area contributed by atoms with Crippen molar-refractivity contribution in [2.24, 2.45) is 5.16 Å². The predicted molar refractivity (Wildman–Crippen MR) is 43.3 cm³/mol. The molecule has 0 amide bonds. The van der Waals surface area contributed by atoms with Crippen LogP contribution in [0.4, 0.5) is 0 Å². The van der Waals surface area contributed by atoms with Crippen molar-refractivity contribution in [1.29, 1.82) is 0 Å². The van der Waals surface area contributed by atoms with E-state index in [4.69, 9.17) is 0 Å². The standard InChI is InChI=1S/C5H5N.C3H5NO/c1-2-4-6-5-3-1;1-2-4-5-3-1/h1-5H;2H,1,3H2. The van der Waals surface area contributed by atoms with Crippen LogP contribution in [0.15, 0.2) is 35.7 Å². The summed E-state index contributed by atoms with van der Waals surface area (Å²) in [5, 5.41) is 3.46. The Labute approximate surface area is 65.7 Å². The molecule has 0 saturated carbocycles. The van der Waals surface area contributed by atoms with Crippen molar-refractivity contribution in [3.05, 3.63) is 30.6 Å². The van der Waals surface area contributed by atoms with Gasteiger partial charge in [-0.3, -0.25) is 4.98 Å². The van der Waals surface area contributed by atoms with E-state index >= 15 is 0 Å². The summed E-state index contributed by atoms with van der Waals surface area (Å²) in [5.74, 6) is 0. The van der Waals surface area contributed by atoms with E-state index in [1.165, 1.54) is 0 Å². The fourth-order valence-electron chi connectivity index (χ4n) is 0.576. The van der Waals surface area contributed by atoms with Gasteiger partial charge in [0.05, 0.1) is 0 Å². The maximum Gasteiger partial charge on any atom is 0.122 e. The van der Waals surface area contributed by atoms with Gasteiger partial charge in [-0.2, -0.15) is 0 Å². The molecule has 0 saturated heterocycles. The van der Waals surface area contributed by atoms with Gasteiger partial charge in [0.25, 0.3) is 0 Å². The highest BCUT2D eigenvalue weighted by Crippen LogP contribution is 1.86. The van der Waals surface area contributed by atoms with Gasteiger partial charge in [-0.05, 0) is 12.1 Å². The summed E-state index contributed by atoms with van der Waals surface area (Å²) in [7, 11) is 0. The molecule has 0 fully saturated rings. The van der Waals surface area contributed by atoms with Crippen molar-refractivity contribution >= 4 is 6.21 Å². The average molecular weight is 150 g/mol. The quantitative estimate of drug-likeness (QED) is 0.561. The monoisotopic (exact) mass is 150 g/mol. The molecule has 1 aliphatic heterocycles. The molecule has 0 spiro atoms. The highest BCUT2D eigenvalue weighted by molar-refractivity contribution is 5.57. The van der Waals surface area contributed by atoms with Gasteiger partial charge < -0.3 is 4.84 Å². The van der Waals surface area contributed by atoms with E-state index in [9.17, 15) is 0 Å². The van der Waals surface area contributed by atoms with Crippen LogP contribution in [0, 0.1) is 0 Å². The van der Waals surface area contributed by atoms with Crippen molar-refractivity contribution < 1.29 is 4.84 Å². The van der Waals surface area contributed by atoms with E-state index in [0.29, 0.717) is 0 Å². The molecule has 58 valence electrons. The molecule has 2 heterocycles. The summed E-state index contributed by atoms with van der Waals surface area (Å²) in [4.78, 5) is 8.30. The van der Waals surface area contributed by atoms with Crippen LogP contribution in [0.2, 0.25) is 0 Å². The Bertz CT molecular complexity index is 166. The van der Waals surface area contributed by atoms with Crippen LogP contribution in [-0.4, -0.2) is 17.8 Å². The van der Waals surface area contributed by atoms with Gasteiger partial charge in [0.15, 0.2) is 0 Å². The van der Waals surface area contributed by atoms with Crippen molar-refractivity contribution in [3.8, 4) is 0 Å². The number of hydrogen-bond donors (Lipinski definition) is 0. The molecule has 0 N–H and O–H groups in total. The SMILES string of the molecule is C1=NOCC1.c1ccncc1. The number of aromatic nitrogens is 1. The summed E-state index contributed by atoms with van der Waals surface area (Å²) in [6.07, 6.45) is 6.25. The van der Waals surface area contributed by atoms with Crippen molar-refractivity contribution in [2.45, 2.75) is 6.42 Å².